The van der Waals surface area contributed by atoms with Crippen LogP contribution in [0.5, 0.6) is 0 Å². The Kier molecular flexibility index (Phi) is 2.48. The van der Waals surface area contributed by atoms with Crippen LogP contribution in [0.2, 0.25) is 0 Å². The molecule has 0 aromatic heterocycles. The summed E-state index contributed by atoms with van der Waals surface area (Å²) in [7, 11) is 0. The molecule has 0 aromatic rings. The Hall–Kier alpha value is -0.990. The molecule has 2 atom stereocenters. The molecule has 1 fully saturated rings. The fourth-order valence-electron chi connectivity index (χ4n) is 2.38. The number of cyclic esters (lactones) is 1. The summed E-state index contributed by atoms with van der Waals surface area (Å²) >= 11 is 0. The van der Waals surface area contributed by atoms with E-state index < -0.39 is 0 Å². The number of aliphatic hydroxyl groups excluding tert-OH is 1. The van der Waals surface area contributed by atoms with Crippen LogP contribution in [-0.4, -0.2) is 17.2 Å². The SMILES string of the molecule is CC[C@H]1C[C@H]2CCCC(O)=C2C(=O)O1. The standard InChI is InChI=1S/C11H16O3/c1-2-8-6-7-4-3-5-9(12)10(7)11(13)14-8/h7-8,12H,2-6H2,1H3/t7-,8+/m1/s1. The van der Waals surface area contributed by atoms with Crippen molar-refractivity contribution in [2.75, 3.05) is 0 Å². The van der Waals surface area contributed by atoms with Crippen LogP contribution in [0, 0.1) is 5.92 Å². The average molecular weight is 196 g/mol. The molecule has 1 heterocycles. The molecule has 3 heteroatoms. The number of allylic oxidation sites excluding steroid dienone is 1. The first-order chi connectivity index (χ1) is 6.72. The average Bonchev–Trinajstić information content (AvgIpc) is 2.17. The van der Waals surface area contributed by atoms with E-state index in [2.05, 4.69) is 0 Å². The molecule has 0 unspecified atom stereocenters. The van der Waals surface area contributed by atoms with Gasteiger partial charge in [-0.2, -0.15) is 0 Å². The summed E-state index contributed by atoms with van der Waals surface area (Å²) in [5.41, 5.74) is 0.556. The number of ether oxygens (including phenoxy) is 1. The van der Waals surface area contributed by atoms with Crippen molar-refractivity contribution in [3.05, 3.63) is 11.3 Å². The van der Waals surface area contributed by atoms with Gasteiger partial charge >= 0.3 is 5.97 Å². The zero-order valence-corrected chi connectivity index (χ0v) is 8.45. The fourth-order valence-corrected chi connectivity index (χ4v) is 2.38. The summed E-state index contributed by atoms with van der Waals surface area (Å²) in [5, 5.41) is 9.61. The Bertz CT molecular complexity index is 280. The molecule has 0 amide bonds. The molecule has 0 aromatic carbocycles. The summed E-state index contributed by atoms with van der Waals surface area (Å²) in [6.07, 6.45) is 4.46. The normalized spacial score (nSPS) is 32.5. The van der Waals surface area contributed by atoms with Crippen molar-refractivity contribution in [3.8, 4) is 0 Å². The molecule has 0 saturated carbocycles. The van der Waals surface area contributed by atoms with Gasteiger partial charge in [-0.05, 0) is 31.6 Å². The van der Waals surface area contributed by atoms with E-state index in [1.807, 2.05) is 6.92 Å². The van der Waals surface area contributed by atoms with E-state index in [1.54, 1.807) is 0 Å². The van der Waals surface area contributed by atoms with Crippen molar-refractivity contribution < 1.29 is 14.6 Å². The number of carbonyl (C=O) groups excluding carboxylic acids is 1. The van der Waals surface area contributed by atoms with E-state index >= 15 is 0 Å². The Morgan fingerprint density at radius 2 is 2.36 bits per heavy atom. The number of hydrogen-bond donors (Lipinski definition) is 1. The van der Waals surface area contributed by atoms with Gasteiger partial charge in [0.2, 0.25) is 0 Å². The predicted molar refractivity (Wildman–Crippen MR) is 51.8 cm³/mol. The first-order valence-electron chi connectivity index (χ1n) is 5.35. The van der Waals surface area contributed by atoms with Crippen LogP contribution in [0.25, 0.3) is 0 Å². The van der Waals surface area contributed by atoms with Gasteiger partial charge in [-0.15, -0.1) is 0 Å². The Morgan fingerprint density at radius 3 is 3.07 bits per heavy atom. The molecule has 3 nitrogen and oxygen atoms in total. The number of carbonyl (C=O) groups is 1. The minimum absolute atomic E-state index is 0.0575. The summed E-state index contributed by atoms with van der Waals surface area (Å²) in [6.45, 7) is 2.02. The highest BCUT2D eigenvalue weighted by molar-refractivity contribution is 5.90. The predicted octanol–water partition coefficient (Wildman–Crippen LogP) is 2.32. The van der Waals surface area contributed by atoms with Gasteiger partial charge in [-0.3, -0.25) is 0 Å². The van der Waals surface area contributed by atoms with Crippen LogP contribution >= 0.6 is 0 Å². The minimum Gasteiger partial charge on any atom is -0.512 e. The monoisotopic (exact) mass is 196 g/mol. The van der Waals surface area contributed by atoms with Crippen molar-refractivity contribution in [1.82, 2.24) is 0 Å². The van der Waals surface area contributed by atoms with Crippen molar-refractivity contribution in [2.24, 2.45) is 5.92 Å². The first kappa shape index (κ1) is 9.56. The Morgan fingerprint density at radius 1 is 1.57 bits per heavy atom. The third-order valence-electron chi connectivity index (χ3n) is 3.18. The molecular formula is C11H16O3. The Labute approximate surface area is 83.8 Å². The van der Waals surface area contributed by atoms with Crippen molar-refractivity contribution in [1.29, 1.82) is 0 Å². The Balaban J connectivity index is 2.23. The highest BCUT2D eigenvalue weighted by Crippen LogP contribution is 2.37. The van der Waals surface area contributed by atoms with Gasteiger partial charge in [-0.1, -0.05) is 6.92 Å². The van der Waals surface area contributed by atoms with Crippen molar-refractivity contribution in [2.45, 2.75) is 45.1 Å². The number of rotatable bonds is 1. The number of fused-ring (bicyclic) bond motifs is 1. The molecule has 14 heavy (non-hydrogen) atoms. The second-order valence-corrected chi connectivity index (χ2v) is 4.12. The summed E-state index contributed by atoms with van der Waals surface area (Å²) in [5.74, 6) is 0.223. The van der Waals surface area contributed by atoms with Gasteiger partial charge in [0.25, 0.3) is 0 Å². The maximum Gasteiger partial charge on any atom is 0.337 e. The summed E-state index contributed by atoms with van der Waals surface area (Å²) in [4.78, 5) is 11.6. The third-order valence-corrected chi connectivity index (χ3v) is 3.18. The van der Waals surface area contributed by atoms with Gasteiger partial charge in [0.15, 0.2) is 0 Å². The molecule has 1 N–H and O–H groups in total. The highest BCUT2D eigenvalue weighted by Gasteiger charge is 2.36. The van der Waals surface area contributed by atoms with E-state index in [0.29, 0.717) is 12.0 Å². The van der Waals surface area contributed by atoms with E-state index in [9.17, 15) is 9.90 Å². The second kappa shape index (κ2) is 3.64. The summed E-state index contributed by atoms with van der Waals surface area (Å²) in [6, 6.07) is 0. The van der Waals surface area contributed by atoms with E-state index in [-0.39, 0.29) is 23.8 Å². The molecule has 1 aliphatic carbocycles. The first-order valence-corrected chi connectivity index (χ1v) is 5.35. The topological polar surface area (TPSA) is 46.5 Å². The highest BCUT2D eigenvalue weighted by atomic mass is 16.5. The van der Waals surface area contributed by atoms with Crippen molar-refractivity contribution >= 4 is 5.97 Å². The molecule has 0 spiro atoms. The quantitative estimate of drug-likeness (QED) is 0.655. The second-order valence-electron chi connectivity index (χ2n) is 4.12. The zero-order chi connectivity index (χ0) is 10.1. The molecule has 1 aliphatic heterocycles. The van der Waals surface area contributed by atoms with Crippen LogP contribution in [0.1, 0.15) is 39.0 Å². The van der Waals surface area contributed by atoms with Gasteiger partial charge in [0, 0.05) is 6.42 Å². The van der Waals surface area contributed by atoms with Gasteiger partial charge in [0.1, 0.15) is 11.9 Å². The maximum atomic E-state index is 11.6. The van der Waals surface area contributed by atoms with Crippen LogP contribution in [-0.2, 0) is 9.53 Å². The third kappa shape index (κ3) is 1.51. The van der Waals surface area contributed by atoms with E-state index in [0.717, 1.165) is 25.7 Å². The fraction of sp³-hybridized carbons (Fsp3) is 0.727. The lowest BCUT2D eigenvalue weighted by Gasteiger charge is -2.33. The maximum absolute atomic E-state index is 11.6. The smallest absolute Gasteiger partial charge is 0.337 e. The van der Waals surface area contributed by atoms with Crippen LogP contribution < -0.4 is 0 Å². The largest absolute Gasteiger partial charge is 0.512 e. The van der Waals surface area contributed by atoms with Gasteiger partial charge in [0.05, 0.1) is 5.57 Å². The van der Waals surface area contributed by atoms with E-state index in [1.165, 1.54) is 0 Å². The zero-order valence-electron chi connectivity index (χ0n) is 8.45. The molecule has 0 bridgehead atoms. The van der Waals surface area contributed by atoms with Crippen LogP contribution in [0.3, 0.4) is 0 Å². The molecule has 2 aliphatic rings. The van der Waals surface area contributed by atoms with Crippen LogP contribution in [0.15, 0.2) is 11.3 Å². The number of hydrogen-bond acceptors (Lipinski definition) is 3. The molecule has 0 radical (unpaired) electrons. The number of esters is 1. The van der Waals surface area contributed by atoms with Gasteiger partial charge in [-0.25, -0.2) is 4.79 Å². The lowest BCUT2D eigenvalue weighted by Crippen LogP contribution is -2.34. The van der Waals surface area contributed by atoms with Crippen molar-refractivity contribution in [3.63, 3.8) is 0 Å². The van der Waals surface area contributed by atoms with Crippen LogP contribution in [0.4, 0.5) is 0 Å². The number of aliphatic hydroxyl groups is 1. The lowest BCUT2D eigenvalue weighted by molar-refractivity contribution is -0.150. The molecular weight excluding hydrogens is 180 g/mol. The summed E-state index contributed by atoms with van der Waals surface area (Å²) < 4.78 is 5.22. The minimum atomic E-state index is -0.287. The lowest BCUT2D eigenvalue weighted by atomic mass is 9.80. The molecule has 1 saturated heterocycles. The molecule has 78 valence electrons. The molecule has 2 rings (SSSR count). The van der Waals surface area contributed by atoms with Gasteiger partial charge < -0.3 is 9.84 Å². The van der Waals surface area contributed by atoms with E-state index in [4.69, 9.17) is 4.74 Å².